The van der Waals surface area contributed by atoms with Gasteiger partial charge in [-0.1, -0.05) is 31.0 Å². The van der Waals surface area contributed by atoms with Crippen LogP contribution in [0.1, 0.15) is 44.7 Å². The number of carbonyl (C=O) groups is 1. The van der Waals surface area contributed by atoms with Crippen molar-refractivity contribution in [3.8, 4) is 5.75 Å². The van der Waals surface area contributed by atoms with E-state index in [4.69, 9.17) is 10.5 Å². The highest BCUT2D eigenvalue weighted by Gasteiger charge is 2.16. The molecule has 0 radical (unpaired) electrons. The normalized spacial score (nSPS) is 13.6. The van der Waals surface area contributed by atoms with Crippen LogP contribution in [0.4, 0.5) is 0 Å². The molecule has 0 saturated carbocycles. The first-order chi connectivity index (χ1) is 9.93. The van der Waals surface area contributed by atoms with Crippen LogP contribution in [0.2, 0.25) is 0 Å². The van der Waals surface area contributed by atoms with E-state index in [2.05, 4.69) is 18.3 Å². The molecule has 0 aromatic heterocycles. The summed E-state index contributed by atoms with van der Waals surface area (Å²) in [4.78, 5) is 12.0. The number of aryl methyl sites for hydroxylation is 1. The summed E-state index contributed by atoms with van der Waals surface area (Å²) in [5.41, 5.74) is 8.10. The van der Waals surface area contributed by atoms with Crippen molar-refractivity contribution in [3.63, 3.8) is 0 Å². The molecule has 0 aliphatic heterocycles. The Morgan fingerprint density at radius 2 is 2.10 bits per heavy atom. The van der Waals surface area contributed by atoms with Crippen molar-refractivity contribution in [1.29, 1.82) is 0 Å². The number of hydrogen-bond acceptors (Lipinski definition) is 3. The van der Waals surface area contributed by atoms with E-state index in [0.29, 0.717) is 6.54 Å². The Balaban J connectivity index is 2.70. The van der Waals surface area contributed by atoms with Gasteiger partial charge in [-0.15, -0.1) is 0 Å². The van der Waals surface area contributed by atoms with Gasteiger partial charge in [0.1, 0.15) is 5.75 Å². The second-order valence-electron chi connectivity index (χ2n) is 5.70. The standard InChI is InChI=1S/C17H28N2O2/c1-5-6-9-19-17(20)14(4)21-16-8-7-12(2)10-15(16)11-13(3)18/h7-8,10,13-14H,5-6,9,11,18H2,1-4H3,(H,19,20). The zero-order chi connectivity index (χ0) is 15.8. The molecule has 0 spiro atoms. The van der Waals surface area contributed by atoms with E-state index in [9.17, 15) is 4.79 Å². The van der Waals surface area contributed by atoms with Crippen LogP contribution in [0.15, 0.2) is 18.2 Å². The number of rotatable bonds is 8. The van der Waals surface area contributed by atoms with Gasteiger partial charge in [-0.2, -0.15) is 0 Å². The summed E-state index contributed by atoms with van der Waals surface area (Å²) in [7, 11) is 0. The first-order valence-corrected chi connectivity index (χ1v) is 7.73. The maximum atomic E-state index is 12.0. The largest absolute Gasteiger partial charge is 0.481 e. The van der Waals surface area contributed by atoms with Crippen molar-refractivity contribution < 1.29 is 9.53 Å². The number of carbonyl (C=O) groups excluding carboxylic acids is 1. The summed E-state index contributed by atoms with van der Waals surface area (Å²) >= 11 is 0. The highest BCUT2D eigenvalue weighted by Crippen LogP contribution is 2.22. The van der Waals surface area contributed by atoms with E-state index in [1.54, 1.807) is 6.92 Å². The topological polar surface area (TPSA) is 64.3 Å². The summed E-state index contributed by atoms with van der Waals surface area (Å²) in [5.74, 6) is 0.673. The number of nitrogens with one attached hydrogen (secondary N) is 1. The van der Waals surface area contributed by atoms with Gasteiger partial charge in [-0.25, -0.2) is 0 Å². The lowest BCUT2D eigenvalue weighted by Crippen LogP contribution is -2.37. The minimum atomic E-state index is -0.503. The molecule has 4 nitrogen and oxygen atoms in total. The lowest BCUT2D eigenvalue weighted by molar-refractivity contribution is -0.127. The molecule has 4 heteroatoms. The lowest BCUT2D eigenvalue weighted by atomic mass is 10.0. The zero-order valence-electron chi connectivity index (χ0n) is 13.6. The molecule has 118 valence electrons. The third kappa shape index (κ3) is 6.17. The van der Waals surface area contributed by atoms with Crippen molar-refractivity contribution in [3.05, 3.63) is 29.3 Å². The van der Waals surface area contributed by atoms with Gasteiger partial charge in [0.2, 0.25) is 0 Å². The maximum absolute atomic E-state index is 12.0. The van der Waals surface area contributed by atoms with Gasteiger partial charge in [-0.3, -0.25) is 4.79 Å². The molecule has 1 aromatic carbocycles. The van der Waals surface area contributed by atoms with Crippen LogP contribution >= 0.6 is 0 Å². The van der Waals surface area contributed by atoms with Crippen LogP contribution in [-0.2, 0) is 11.2 Å². The molecule has 0 fully saturated rings. The molecule has 0 aliphatic rings. The molecule has 3 N–H and O–H groups in total. The predicted octanol–water partition coefficient (Wildman–Crippen LogP) is 2.57. The Kier molecular flexibility index (Phi) is 7.23. The van der Waals surface area contributed by atoms with Crippen molar-refractivity contribution in [2.45, 2.75) is 59.1 Å². The van der Waals surface area contributed by atoms with Gasteiger partial charge >= 0.3 is 0 Å². The molecule has 0 bridgehead atoms. The van der Waals surface area contributed by atoms with E-state index in [0.717, 1.165) is 36.1 Å². The van der Waals surface area contributed by atoms with Crippen LogP contribution in [0.3, 0.4) is 0 Å². The lowest BCUT2D eigenvalue weighted by Gasteiger charge is -2.18. The summed E-state index contributed by atoms with van der Waals surface area (Å²) in [6.07, 6.45) is 2.28. The van der Waals surface area contributed by atoms with Gasteiger partial charge in [0.05, 0.1) is 0 Å². The Bertz CT molecular complexity index is 458. The predicted molar refractivity (Wildman–Crippen MR) is 86.5 cm³/mol. The van der Waals surface area contributed by atoms with Crippen LogP contribution in [-0.4, -0.2) is 24.6 Å². The average molecular weight is 292 g/mol. The second kappa shape index (κ2) is 8.67. The smallest absolute Gasteiger partial charge is 0.260 e. The summed E-state index contributed by atoms with van der Waals surface area (Å²) in [6, 6.07) is 6.04. The van der Waals surface area contributed by atoms with Gasteiger partial charge in [-0.05, 0) is 45.2 Å². The SMILES string of the molecule is CCCCNC(=O)C(C)Oc1ccc(C)cc1CC(C)N. The highest BCUT2D eigenvalue weighted by atomic mass is 16.5. The maximum Gasteiger partial charge on any atom is 0.260 e. The quantitative estimate of drug-likeness (QED) is 0.724. The van der Waals surface area contributed by atoms with Crippen molar-refractivity contribution in [2.24, 2.45) is 5.73 Å². The van der Waals surface area contributed by atoms with Crippen LogP contribution in [0, 0.1) is 6.92 Å². The summed E-state index contributed by atoms with van der Waals surface area (Å²) < 4.78 is 5.83. The number of hydrogen-bond donors (Lipinski definition) is 2. The third-order valence-corrected chi connectivity index (χ3v) is 3.26. The minimum Gasteiger partial charge on any atom is -0.481 e. The van der Waals surface area contributed by atoms with Gasteiger partial charge in [0, 0.05) is 12.6 Å². The zero-order valence-corrected chi connectivity index (χ0v) is 13.6. The van der Waals surface area contributed by atoms with Crippen molar-refractivity contribution >= 4 is 5.91 Å². The third-order valence-electron chi connectivity index (χ3n) is 3.26. The molecule has 2 unspecified atom stereocenters. The van der Waals surface area contributed by atoms with E-state index in [1.807, 2.05) is 26.0 Å². The number of benzene rings is 1. The number of unbranched alkanes of at least 4 members (excludes halogenated alkanes) is 1. The molecule has 1 amide bonds. The summed E-state index contributed by atoms with van der Waals surface area (Å²) in [6.45, 7) is 8.57. The Labute approximate surface area is 128 Å². The van der Waals surface area contributed by atoms with Crippen LogP contribution < -0.4 is 15.8 Å². The first kappa shape index (κ1) is 17.5. The summed E-state index contributed by atoms with van der Waals surface area (Å²) in [5, 5.41) is 2.89. The number of amides is 1. The fourth-order valence-electron chi connectivity index (χ4n) is 2.11. The Morgan fingerprint density at radius 3 is 2.71 bits per heavy atom. The molecule has 2 atom stereocenters. The average Bonchev–Trinajstić information content (AvgIpc) is 2.41. The second-order valence-corrected chi connectivity index (χ2v) is 5.70. The highest BCUT2D eigenvalue weighted by molar-refractivity contribution is 5.80. The minimum absolute atomic E-state index is 0.0582. The number of ether oxygens (including phenoxy) is 1. The Morgan fingerprint density at radius 1 is 1.38 bits per heavy atom. The van der Waals surface area contributed by atoms with Crippen molar-refractivity contribution in [1.82, 2.24) is 5.32 Å². The molecule has 0 saturated heterocycles. The van der Waals surface area contributed by atoms with E-state index < -0.39 is 6.10 Å². The number of nitrogens with two attached hydrogens (primary N) is 1. The van der Waals surface area contributed by atoms with E-state index >= 15 is 0 Å². The molecular weight excluding hydrogens is 264 g/mol. The van der Waals surface area contributed by atoms with Crippen LogP contribution in [0.5, 0.6) is 5.75 Å². The Hall–Kier alpha value is -1.55. The molecule has 1 rings (SSSR count). The monoisotopic (exact) mass is 292 g/mol. The van der Waals surface area contributed by atoms with Crippen LogP contribution in [0.25, 0.3) is 0 Å². The van der Waals surface area contributed by atoms with E-state index in [1.165, 1.54) is 0 Å². The molecular formula is C17H28N2O2. The molecule has 0 heterocycles. The van der Waals surface area contributed by atoms with Gasteiger partial charge < -0.3 is 15.8 Å². The molecule has 0 aliphatic carbocycles. The first-order valence-electron chi connectivity index (χ1n) is 7.73. The molecule has 1 aromatic rings. The fourth-order valence-corrected chi connectivity index (χ4v) is 2.11. The van der Waals surface area contributed by atoms with Crippen molar-refractivity contribution in [2.75, 3.05) is 6.54 Å². The van der Waals surface area contributed by atoms with Gasteiger partial charge in [0.15, 0.2) is 6.10 Å². The van der Waals surface area contributed by atoms with E-state index in [-0.39, 0.29) is 11.9 Å². The fraction of sp³-hybridized carbons (Fsp3) is 0.588. The van der Waals surface area contributed by atoms with Gasteiger partial charge in [0.25, 0.3) is 5.91 Å². The molecule has 21 heavy (non-hydrogen) atoms.